The first kappa shape index (κ1) is 35.0. The van der Waals surface area contributed by atoms with Crippen LogP contribution in [0.2, 0.25) is 0 Å². The van der Waals surface area contributed by atoms with Gasteiger partial charge in [0.15, 0.2) is 32.0 Å². The van der Waals surface area contributed by atoms with E-state index in [0.29, 0.717) is 12.1 Å². The molecule has 0 aromatic heterocycles. The molecule has 0 radical (unpaired) electrons. The summed E-state index contributed by atoms with van der Waals surface area (Å²) in [5.41, 5.74) is -3.32. The minimum absolute atomic E-state index is 0.569. The second kappa shape index (κ2) is 13.5. The molecular formula is C26H17N3O16S3. The van der Waals surface area contributed by atoms with Crippen molar-refractivity contribution in [1.82, 2.24) is 0 Å². The molecule has 0 spiro atoms. The molecule has 0 heterocycles. The average molecular weight is 724 g/mol. The van der Waals surface area contributed by atoms with Crippen LogP contribution in [-0.2, 0) is 34.5 Å². The predicted molar refractivity (Wildman–Crippen MR) is 159 cm³/mol. The zero-order valence-corrected chi connectivity index (χ0v) is 25.9. The molecule has 22 heteroatoms. The number of rotatable bonds is 14. The largest absolute Gasteiger partial charge is 0.375 e. The average Bonchev–Trinajstić information content (AvgIpc) is 3.04. The number of benzene rings is 4. The van der Waals surface area contributed by atoms with Crippen LogP contribution in [0.5, 0.6) is 11.5 Å². The van der Waals surface area contributed by atoms with Gasteiger partial charge in [-0.15, -0.1) is 0 Å². The summed E-state index contributed by atoms with van der Waals surface area (Å²) in [4.78, 5) is 41.1. The molecule has 0 aliphatic carbocycles. The van der Waals surface area contributed by atoms with Crippen LogP contribution in [0.15, 0.2) is 106 Å². The van der Waals surface area contributed by atoms with Crippen LogP contribution in [0.4, 0.5) is 17.1 Å². The molecule has 0 bridgehead atoms. The maximum atomic E-state index is 13.2. The van der Waals surface area contributed by atoms with Gasteiger partial charge in [-0.05, 0) is 36.4 Å². The highest BCUT2D eigenvalue weighted by molar-refractivity contribution is 7.87. The number of hydrogen-bond donors (Lipinski definition) is 0. The van der Waals surface area contributed by atoms with Crippen molar-refractivity contribution in [3.05, 3.63) is 127 Å². The summed E-state index contributed by atoms with van der Waals surface area (Å²) in [7, 11) is -15.2. The molecule has 0 saturated heterocycles. The van der Waals surface area contributed by atoms with E-state index in [1.807, 2.05) is 0 Å². The molecule has 0 atom stereocenters. The van der Waals surface area contributed by atoms with Gasteiger partial charge >= 0.3 is 30.4 Å². The highest BCUT2D eigenvalue weighted by atomic mass is 32.2. The summed E-state index contributed by atoms with van der Waals surface area (Å²) in [5.74, 6) is -3.26. The Bertz CT molecular complexity index is 2310. The standard InChI is InChI=1S/C26H17N3O16S3/c30-21(16-43-46(37,38)24-10-4-1-7-18(24)27(31)32)17-13-14-22(44-47(39,40)25-11-5-2-8-19(25)28(33)34)23(15-17)45-48(41,42)26-12-6-3-9-20(26)29(35)36/h1-15H,16H2. The number of carbonyl (C=O) groups excluding carboxylic acids is 1. The Morgan fingerprint density at radius 1 is 0.542 bits per heavy atom. The molecule has 4 rings (SSSR count). The monoisotopic (exact) mass is 723 g/mol. The van der Waals surface area contributed by atoms with E-state index < -0.39 is 106 Å². The molecule has 4 aromatic rings. The van der Waals surface area contributed by atoms with Gasteiger partial charge < -0.3 is 8.37 Å². The van der Waals surface area contributed by atoms with E-state index in [0.717, 1.165) is 72.8 Å². The fourth-order valence-corrected chi connectivity index (χ4v) is 7.12. The van der Waals surface area contributed by atoms with Crippen LogP contribution in [0.3, 0.4) is 0 Å². The van der Waals surface area contributed by atoms with E-state index in [9.17, 15) is 60.4 Å². The first-order valence-electron chi connectivity index (χ1n) is 12.6. The summed E-state index contributed by atoms with van der Waals surface area (Å²) >= 11 is 0. The Kier molecular flexibility index (Phi) is 9.84. The minimum Gasteiger partial charge on any atom is -0.375 e. The van der Waals surface area contributed by atoms with Gasteiger partial charge in [0.1, 0.15) is 6.61 Å². The molecule has 0 unspecified atom stereocenters. The highest BCUT2D eigenvalue weighted by Gasteiger charge is 2.33. The molecule has 48 heavy (non-hydrogen) atoms. The first-order valence-corrected chi connectivity index (χ1v) is 16.8. The van der Waals surface area contributed by atoms with E-state index in [-0.39, 0.29) is 0 Å². The van der Waals surface area contributed by atoms with E-state index in [1.54, 1.807) is 0 Å². The number of ketones is 1. The van der Waals surface area contributed by atoms with E-state index in [1.165, 1.54) is 6.07 Å². The number of para-hydroxylation sites is 3. The Hall–Kier alpha value is -5.84. The van der Waals surface area contributed by atoms with Crippen LogP contribution in [0, 0.1) is 30.3 Å². The number of Topliss-reactive ketones (excluding diaryl/α,β-unsaturated/α-hetero) is 1. The lowest BCUT2D eigenvalue weighted by atomic mass is 10.1. The summed E-state index contributed by atoms with van der Waals surface area (Å²) in [6, 6.07) is 13.9. The summed E-state index contributed by atoms with van der Waals surface area (Å²) in [6.45, 7) is -1.31. The summed E-state index contributed by atoms with van der Waals surface area (Å²) in [6.07, 6.45) is 0. The van der Waals surface area contributed by atoms with Crippen LogP contribution in [0.1, 0.15) is 10.4 Å². The lowest BCUT2D eigenvalue weighted by Gasteiger charge is -2.14. The van der Waals surface area contributed by atoms with Crippen LogP contribution in [-0.4, -0.2) is 52.4 Å². The molecule has 0 saturated carbocycles. The van der Waals surface area contributed by atoms with Gasteiger partial charge in [-0.3, -0.25) is 39.3 Å². The second-order valence-electron chi connectivity index (χ2n) is 9.05. The lowest BCUT2D eigenvalue weighted by Crippen LogP contribution is -2.17. The van der Waals surface area contributed by atoms with Crippen LogP contribution in [0.25, 0.3) is 0 Å². The molecule has 0 aliphatic rings. The van der Waals surface area contributed by atoms with Crippen molar-refractivity contribution in [2.24, 2.45) is 0 Å². The van der Waals surface area contributed by atoms with E-state index >= 15 is 0 Å². The zero-order valence-electron chi connectivity index (χ0n) is 23.5. The van der Waals surface area contributed by atoms with Gasteiger partial charge in [0.2, 0.25) is 0 Å². The topological polar surface area (TPSA) is 277 Å². The third-order valence-electron chi connectivity index (χ3n) is 6.00. The molecule has 19 nitrogen and oxygen atoms in total. The Morgan fingerprint density at radius 2 is 0.917 bits per heavy atom. The third-order valence-corrected chi connectivity index (χ3v) is 9.88. The van der Waals surface area contributed by atoms with Gasteiger partial charge in [0.25, 0.3) is 17.1 Å². The number of carbonyl (C=O) groups is 1. The summed E-state index contributed by atoms with van der Waals surface area (Å²) < 4.78 is 92.4. The van der Waals surface area contributed by atoms with Gasteiger partial charge in [-0.25, -0.2) is 0 Å². The number of nitrogens with zero attached hydrogens (tertiary/aromatic N) is 3. The normalized spacial score (nSPS) is 11.8. The number of nitro benzene ring substituents is 3. The molecule has 0 N–H and O–H groups in total. The van der Waals surface area contributed by atoms with Gasteiger partial charge in [0.05, 0.1) is 14.8 Å². The maximum Gasteiger partial charge on any atom is 0.346 e. The van der Waals surface area contributed by atoms with Crippen molar-refractivity contribution in [2.75, 3.05) is 6.61 Å². The summed E-state index contributed by atoms with van der Waals surface area (Å²) in [5, 5.41) is 34.1. The number of hydrogen-bond acceptors (Lipinski definition) is 16. The Morgan fingerprint density at radius 3 is 1.33 bits per heavy atom. The van der Waals surface area contributed by atoms with E-state index in [4.69, 9.17) is 8.37 Å². The molecule has 0 amide bonds. The van der Waals surface area contributed by atoms with Crippen molar-refractivity contribution >= 4 is 53.2 Å². The number of nitro groups is 3. The fourth-order valence-electron chi connectivity index (χ4n) is 3.88. The Labute approximate surface area is 269 Å². The maximum absolute atomic E-state index is 13.2. The van der Waals surface area contributed by atoms with E-state index in [2.05, 4.69) is 4.18 Å². The van der Waals surface area contributed by atoms with Gasteiger partial charge in [-0.1, -0.05) is 36.4 Å². The van der Waals surface area contributed by atoms with Crippen molar-refractivity contribution in [2.45, 2.75) is 14.7 Å². The zero-order chi connectivity index (χ0) is 35.4. The van der Waals surface area contributed by atoms with Crippen LogP contribution >= 0.6 is 0 Å². The molecule has 4 aromatic carbocycles. The van der Waals surface area contributed by atoms with Gasteiger partial charge in [0, 0.05) is 23.8 Å². The SMILES string of the molecule is O=C(COS(=O)(=O)c1ccccc1[N+](=O)[O-])c1ccc(OS(=O)(=O)c2ccccc2[N+](=O)[O-])c(OS(=O)(=O)c2ccccc2[N+](=O)[O-])c1. The minimum atomic E-state index is -5.21. The molecule has 250 valence electrons. The smallest absolute Gasteiger partial charge is 0.346 e. The molecular weight excluding hydrogens is 706 g/mol. The van der Waals surface area contributed by atoms with Crippen molar-refractivity contribution < 1.29 is 57.4 Å². The molecule has 0 fully saturated rings. The van der Waals surface area contributed by atoms with Crippen LogP contribution < -0.4 is 8.37 Å². The van der Waals surface area contributed by atoms with Crippen molar-refractivity contribution in [3.63, 3.8) is 0 Å². The Balaban J connectivity index is 1.75. The predicted octanol–water partition coefficient (Wildman–Crippen LogP) is 3.53. The molecule has 0 aliphatic heterocycles. The van der Waals surface area contributed by atoms with Crippen molar-refractivity contribution in [1.29, 1.82) is 0 Å². The first-order chi connectivity index (χ1) is 22.4. The fraction of sp³-hybridized carbons (Fsp3) is 0.0385. The quantitative estimate of drug-likeness (QED) is 0.0778. The highest BCUT2D eigenvalue weighted by Crippen LogP contribution is 2.36. The third kappa shape index (κ3) is 7.58. The van der Waals surface area contributed by atoms with Crippen molar-refractivity contribution in [3.8, 4) is 11.5 Å². The second-order valence-corrected chi connectivity index (χ2v) is 13.7. The van der Waals surface area contributed by atoms with Gasteiger partial charge in [-0.2, -0.15) is 25.3 Å². The lowest BCUT2D eigenvalue weighted by molar-refractivity contribution is -0.388.